The first-order valence-electron chi connectivity index (χ1n) is 13.3. The fourth-order valence-electron chi connectivity index (χ4n) is 5.19. The van der Waals surface area contributed by atoms with Gasteiger partial charge in [-0.05, 0) is 38.1 Å². The van der Waals surface area contributed by atoms with Crippen LogP contribution in [-0.4, -0.2) is 70.0 Å². The molecule has 0 unspecified atom stereocenters. The molecule has 12 heteroatoms. The molecule has 1 aromatic carbocycles. The Morgan fingerprint density at radius 2 is 1.93 bits per heavy atom. The topological polar surface area (TPSA) is 117 Å². The van der Waals surface area contributed by atoms with Gasteiger partial charge in [0, 0.05) is 55.7 Å². The van der Waals surface area contributed by atoms with E-state index in [0.29, 0.717) is 54.5 Å². The maximum atomic E-state index is 13.6. The number of nitrogens with zero attached hydrogens (tertiary/aromatic N) is 7. The van der Waals surface area contributed by atoms with E-state index >= 15 is 0 Å². The minimum absolute atomic E-state index is 0.113. The molecule has 1 aliphatic heterocycles. The number of anilines is 1. The van der Waals surface area contributed by atoms with Crippen molar-refractivity contribution in [3.63, 3.8) is 0 Å². The van der Waals surface area contributed by atoms with Crippen molar-refractivity contribution in [3.8, 4) is 22.8 Å². The van der Waals surface area contributed by atoms with Crippen LogP contribution in [0, 0.1) is 6.92 Å². The fraction of sp³-hybridized carbons (Fsp3) is 0.310. The summed E-state index contributed by atoms with van der Waals surface area (Å²) < 4.78 is 41.2. The van der Waals surface area contributed by atoms with E-state index in [-0.39, 0.29) is 10.9 Å². The Labute approximate surface area is 238 Å². The summed E-state index contributed by atoms with van der Waals surface area (Å²) >= 11 is 0. The van der Waals surface area contributed by atoms with Crippen LogP contribution in [0.4, 0.5) is 5.82 Å². The van der Waals surface area contributed by atoms with Gasteiger partial charge in [-0.25, -0.2) is 27.3 Å². The molecule has 1 fully saturated rings. The normalized spacial score (nSPS) is 16.0. The molecule has 5 heterocycles. The Balaban J connectivity index is 1.53. The van der Waals surface area contributed by atoms with Crippen molar-refractivity contribution in [2.24, 2.45) is 7.05 Å². The van der Waals surface area contributed by atoms with Crippen molar-refractivity contribution < 1.29 is 17.9 Å². The molecular formula is C29H31N7O4S. The van der Waals surface area contributed by atoms with E-state index in [2.05, 4.69) is 21.9 Å². The van der Waals surface area contributed by atoms with Crippen molar-refractivity contribution in [1.29, 1.82) is 0 Å². The minimum atomic E-state index is -3.87. The molecule has 0 amide bonds. The number of hydrogen-bond acceptors (Lipinski definition) is 9. The SMILES string of the molecule is COCc1cnn(C)c1-c1cc(N2CCOC[C@H]2C)nc(-c2ccnc3c2ccn3S(=O)(=O)c2ccc(C)cc2)n1. The first-order chi connectivity index (χ1) is 19.8. The summed E-state index contributed by atoms with van der Waals surface area (Å²) in [5.74, 6) is 1.21. The molecule has 0 spiro atoms. The van der Waals surface area contributed by atoms with Crippen LogP contribution in [-0.2, 0) is 33.2 Å². The fourth-order valence-corrected chi connectivity index (χ4v) is 6.49. The maximum absolute atomic E-state index is 13.6. The third-order valence-corrected chi connectivity index (χ3v) is 8.99. The van der Waals surface area contributed by atoms with Gasteiger partial charge in [0.1, 0.15) is 5.82 Å². The van der Waals surface area contributed by atoms with E-state index in [1.807, 2.05) is 26.1 Å². The average molecular weight is 574 g/mol. The molecule has 1 aliphatic rings. The number of rotatable bonds is 7. The summed E-state index contributed by atoms with van der Waals surface area (Å²) in [7, 11) is -0.352. The van der Waals surface area contributed by atoms with Crippen molar-refractivity contribution in [2.75, 3.05) is 31.8 Å². The second-order valence-electron chi connectivity index (χ2n) is 10.2. The number of morpholine rings is 1. The monoisotopic (exact) mass is 573 g/mol. The van der Waals surface area contributed by atoms with Gasteiger partial charge in [0.2, 0.25) is 0 Å². The maximum Gasteiger partial charge on any atom is 0.269 e. The van der Waals surface area contributed by atoms with Crippen LogP contribution in [0.2, 0.25) is 0 Å². The lowest BCUT2D eigenvalue weighted by Gasteiger charge is -2.34. The van der Waals surface area contributed by atoms with E-state index in [4.69, 9.17) is 19.4 Å². The highest BCUT2D eigenvalue weighted by Gasteiger charge is 2.26. The van der Waals surface area contributed by atoms with Crippen molar-refractivity contribution in [2.45, 2.75) is 31.4 Å². The zero-order valence-electron chi connectivity index (χ0n) is 23.4. The Kier molecular flexibility index (Phi) is 7.06. The second-order valence-corrected chi connectivity index (χ2v) is 12.0. The first kappa shape index (κ1) is 27.1. The Morgan fingerprint density at radius 3 is 2.68 bits per heavy atom. The summed E-state index contributed by atoms with van der Waals surface area (Å²) in [6, 6.07) is 12.4. The Hall–Kier alpha value is -4.13. The molecule has 0 radical (unpaired) electrons. The number of methoxy groups -OCH3 is 1. The third kappa shape index (κ3) is 4.88. The number of hydrogen-bond donors (Lipinski definition) is 0. The standard InChI is InChI=1S/C29H31N7O4S/c1-19-5-7-22(8-6-19)41(37,38)36-12-10-24-23(9-11-30-29(24)36)28-32-25(27-21(18-39-4)16-31-34(27)3)15-26(33-28)35-13-14-40-17-20(35)2/h5-12,15-16,20H,13-14,17-18H2,1-4H3/t20-/m1/s1. The molecule has 4 aromatic heterocycles. The molecule has 41 heavy (non-hydrogen) atoms. The number of fused-ring (bicyclic) bond motifs is 1. The molecule has 0 aliphatic carbocycles. The molecule has 212 valence electrons. The van der Waals surface area contributed by atoms with Crippen molar-refractivity contribution in [3.05, 3.63) is 72.2 Å². The first-order valence-corrected chi connectivity index (χ1v) is 14.7. The van der Waals surface area contributed by atoms with Gasteiger partial charge in [-0.1, -0.05) is 17.7 Å². The van der Waals surface area contributed by atoms with Gasteiger partial charge in [0.25, 0.3) is 10.0 Å². The lowest BCUT2D eigenvalue weighted by Crippen LogP contribution is -2.44. The number of aromatic nitrogens is 6. The molecule has 11 nitrogen and oxygen atoms in total. The Bertz CT molecular complexity index is 1830. The van der Waals surface area contributed by atoms with E-state index in [9.17, 15) is 8.42 Å². The lowest BCUT2D eigenvalue weighted by atomic mass is 10.1. The molecule has 6 rings (SSSR count). The van der Waals surface area contributed by atoms with Crippen LogP contribution in [0.1, 0.15) is 18.1 Å². The van der Waals surface area contributed by atoms with Gasteiger partial charge in [0.15, 0.2) is 11.5 Å². The van der Waals surface area contributed by atoms with E-state index in [1.165, 1.54) is 10.2 Å². The predicted molar refractivity (Wildman–Crippen MR) is 155 cm³/mol. The van der Waals surface area contributed by atoms with Gasteiger partial charge in [-0.2, -0.15) is 5.10 Å². The average Bonchev–Trinajstić information content (AvgIpc) is 3.57. The number of ether oxygens (including phenoxy) is 2. The quantitative estimate of drug-likeness (QED) is 0.286. The van der Waals surface area contributed by atoms with Gasteiger partial charge in [-0.3, -0.25) is 4.68 Å². The molecule has 1 saturated heterocycles. The van der Waals surface area contributed by atoms with Crippen molar-refractivity contribution in [1.82, 2.24) is 28.7 Å². The largest absolute Gasteiger partial charge is 0.380 e. The number of benzene rings is 1. The zero-order valence-corrected chi connectivity index (χ0v) is 24.2. The van der Waals surface area contributed by atoms with Gasteiger partial charge in [-0.15, -0.1) is 0 Å². The van der Waals surface area contributed by atoms with E-state index < -0.39 is 10.0 Å². The smallest absolute Gasteiger partial charge is 0.269 e. The van der Waals surface area contributed by atoms with E-state index in [0.717, 1.165) is 22.6 Å². The number of aryl methyl sites for hydroxylation is 2. The van der Waals surface area contributed by atoms with Crippen LogP contribution < -0.4 is 4.90 Å². The highest BCUT2D eigenvalue weighted by molar-refractivity contribution is 7.90. The molecule has 0 N–H and O–H groups in total. The molecule has 0 saturated carbocycles. The molecule has 5 aromatic rings. The van der Waals surface area contributed by atoms with Crippen LogP contribution in [0.15, 0.2) is 66.0 Å². The van der Waals surface area contributed by atoms with E-state index in [1.54, 1.807) is 54.5 Å². The Morgan fingerprint density at radius 1 is 1.12 bits per heavy atom. The van der Waals surface area contributed by atoms with Crippen LogP contribution >= 0.6 is 0 Å². The highest BCUT2D eigenvalue weighted by Crippen LogP contribution is 2.33. The molecular weight excluding hydrogens is 542 g/mol. The van der Waals surface area contributed by atoms with Gasteiger partial charge < -0.3 is 14.4 Å². The van der Waals surface area contributed by atoms with Crippen LogP contribution in [0.25, 0.3) is 33.8 Å². The highest BCUT2D eigenvalue weighted by atomic mass is 32.2. The predicted octanol–water partition coefficient (Wildman–Crippen LogP) is 3.81. The lowest BCUT2D eigenvalue weighted by molar-refractivity contribution is 0.0985. The van der Waals surface area contributed by atoms with Crippen LogP contribution in [0.3, 0.4) is 0 Å². The molecule has 1 atom stereocenters. The second kappa shape index (κ2) is 10.7. The van der Waals surface area contributed by atoms with Gasteiger partial charge >= 0.3 is 0 Å². The third-order valence-electron chi connectivity index (χ3n) is 7.30. The van der Waals surface area contributed by atoms with Crippen LogP contribution in [0.5, 0.6) is 0 Å². The summed E-state index contributed by atoms with van der Waals surface area (Å²) in [5.41, 5.74) is 4.36. The van der Waals surface area contributed by atoms with Gasteiger partial charge in [0.05, 0.1) is 48.3 Å². The summed E-state index contributed by atoms with van der Waals surface area (Å²) in [6.07, 6.45) is 4.90. The zero-order chi connectivity index (χ0) is 28.7. The number of pyridine rings is 1. The summed E-state index contributed by atoms with van der Waals surface area (Å²) in [4.78, 5) is 16.8. The van der Waals surface area contributed by atoms with Crippen molar-refractivity contribution >= 4 is 26.9 Å². The molecule has 0 bridgehead atoms. The summed E-state index contributed by atoms with van der Waals surface area (Å²) in [5, 5.41) is 5.08. The summed E-state index contributed by atoms with van der Waals surface area (Å²) in [6.45, 7) is 6.27. The minimum Gasteiger partial charge on any atom is -0.380 e.